The van der Waals surface area contributed by atoms with E-state index in [0.29, 0.717) is 12.4 Å². The lowest BCUT2D eigenvalue weighted by molar-refractivity contribution is -0.116. The molecule has 2 aromatic rings. The van der Waals surface area contributed by atoms with Gasteiger partial charge in [0.05, 0.1) is 7.11 Å². The van der Waals surface area contributed by atoms with Crippen molar-refractivity contribution in [1.29, 1.82) is 0 Å². The lowest BCUT2D eigenvalue weighted by Crippen LogP contribution is -2.31. The Balaban J connectivity index is 1.86. The lowest BCUT2D eigenvalue weighted by atomic mass is 9.85. The van der Waals surface area contributed by atoms with Crippen LogP contribution >= 0.6 is 11.8 Å². The van der Waals surface area contributed by atoms with E-state index < -0.39 is 0 Å². The number of para-hydroxylation sites is 1. The Bertz CT molecular complexity index is 874. The standard InChI is InChI=1S/C19H22N4O2S/c1-3-11-26-19-21-18-20-13-8-6-9-14(24)16(13)17(23(18)22-19)12-7-4-5-10-15(12)25-2/h4-5,7,10,17H,3,6,8-9,11H2,1-2H3,(H,20,21,22). The van der Waals surface area contributed by atoms with Crippen LogP contribution < -0.4 is 10.1 Å². The van der Waals surface area contributed by atoms with Crippen LogP contribution in [0.2, 0.25) is 0 Å². The van der Waals surface area contributed by atoms with Crippen molar-refractivity contribution in [2.24, 2.45) is 0 Å². The fraction of sp³-hybridized carbons (Fsp3) is 0.421. The van der Waals surface area contributed by atoms with Crippen LogP contribution in [0.25, 0.3) is 0 Å². The smallest absolute Gasteiger partial charge is 0.227 e. The fourth-order valence-electron chi connectivity index (χ4n) is 3.57. The average Bonchev–Trinajstić information content (AvgIpc) is 3.07. The van der Waals surface area contributed by atoms with E-state index in [2.05, 4.69) is 17.2 Å². The molecule has 0 spiro atoms. The minimum absolute atomic E-state index is 0.179. The Kier molecular flexibility index (Phi) is 4.72. The normalized spacial score (nSPS) is 19.0. The number of fused-ring (bicyclic) bond motifs is 1. The second kappa shape index (κ2) is 7.15. The minimum Gasteiger partial charge on any atom is -0.496 e. The summed E-state index contributed by atoms with van der Waals surface area (Å²) in [5.41, 5.74) is 2.71. The van der Waals surface area contributed by atoms with E-state index >= 15 is 0 Å². The highest BCUT2D eigenvalue weighted by Crippen LogP contribution is 2.43. The zero-order chi connectivity index (χ0) is 18.1. The van der Waals surface area contributed by atoms with E-state index in [0.717, 1.165) is 52.8 Å². The Hall–Kier alpha value is -2.28. The third kappa shape index (κ3) is 2.90. The van der Waals surface area contributed by atoms with Crippen LogP contribution in [-0.2, 0) is 4.79 Å². The number of Topliss-reactive ketones (excluding diaryl/α,β-unsaturated/α-hetero) is 1. The Morgan fingerprint density at radius 1 is 1.35 bits per heavy atom. The summed E-state index contributed by atoms with van der Waals surface area (Å²) in [6.45, 7) is 2.14. The number of ketones is 1. The SMILES string of the molecule is CCCSc1nc2n(n1)C(c1ccccc1OC)C1=C(CCCC1=O)N2. The van der Waals surface area contributed by atoms with E-state index in [4.69, 9.17) is 9.84 Å². The topological polar surface area (TPSA) is 69.0 Å². The van der Waals surface area contributed by atoms with Crippen LogP contribution in [0.15, 0.2) is 40.7 Å². The predicted molar refractivity (Wildman–Crippen MR) is 102 cm³/mol. The zero-order valence-corrected chi connectivity index (χ0v) is 15.8. The van der Waals surface area contributed by atoms with Gasteiger partial charge in [-0.05, 0) is 25.3 Å². The third-order valence-electron chi connectivity index (χ3n) is 4.72. The van der Waals surface area contributed by atoms with Gasteiger partial charge < -0.3 is 10.1 Å². The van der Waals surface area contributed by atoms with Gasteiger partial charge in [-0.1, -0.05) is 36.9 Å². The van der Waals surface area contributed by atoms with Gasteiger partial charge in [0.1, 0.15) is 11.8 Å². The van der Waals surface area contributed by atoms with E-state index in [1.165, 1.54) is 0 Å². The molecule has 0 bridgehead atoms. The lowest BCUT2D eigenvalue weighted by Gasteiger charge is -2.32. The number of hydrogen-bond donors (Lipinski definition) is 1. The maximum Gasteiger partial charge on any atom is 0.227 e. The molecule has 2 aliphatic rings. The Labute approximate surface area is 157 Å². The molecule has 1 N–H and O–H groups in total. The molecule has 136 valence electrons. The van der Waals surface area contributed by atoms with Gasteiger partial charge in [-0.2, -0.15) is 4.98 Å². The van der Waals surface area contributed by atoms with Gasteiger partial charge in [-0.15, -0.1) is 5.10 Å². The van der Waals surface area contributed by atoms with Crippen LogP contribution in [0.1, 0.15) is 44.2 Å². The largest absolute Gasteiger partial charge is 0.496 e. The van der Waals surface area contributed by atoms with Gasteiger partial charge in [-0.25, -0.2) is 4.68 Å². The van der Waals surface area contributed by atoms with Gasteiger partial charge in [-0.3, -0.25) is 4.79 Å². The van der Waals surface area contributed by atoms with E-state index in [-0.39, 0.29) is 11.8 Å². The number of nitrogens with one attached hydrogen (secondary N) is 1. The summed E-state index contributed by atoms with van der Waals surface area (Å²) in [7, 11) is 1.66. The van der Waals surface area contributed by atoms with Crippen LogP contribution in [-0.4, -0.2) is 33.4 Å². The molecule has 1 aliphatic carbocycles. The van der Waals surface area contributed by atoms with Crippen molar-refractivity contribution in [2.75, 3.05) is 18.2 Å². The molecule has 4 rings (SSSR count). The number of carbonyl (C=O) groups excluding carboxylic acids is 1. The van der Waals surface area contributed by atoms with Crippen molar-refractivity contribution in [3.63, 3.8) is 0 Å². The average molecular weight is 370 g/mol. The summed E-state index contributed by atoms with van der Waals surface area (Å²) in [4.78, 5) is 17.4. The van der Waals surface area contributed by atoms with E-state index in [1.54, 1.807) is 18.9 Å². The number of nitrogens with zero attached hydrogens (tertiary/aromatic N) is 3. The summed E-state index contributed by atoms with van der Waals surface area (Å²) in [6, 6.07) is 7.54. The van der Waals surface area contributed by atoms with Crippen LogP contribution in [0.3, 0.4) is 0 Å². The van der Waals surface area contributed by atoms with Gasteiger partial charge in [0.15, 0.2) is 5.78 Å². The highest BCUT2D eigenvalue weighted by atomic mass is 32.2. The highest BCUT2D eigenvalue weighted by Gasteiger charge is 2.38. The summed E-state index contributed by atoms with van der Waals surface area (Å²) >= 11 is 1.64. The number of benzene rings is 1. The molecular weight excluding hydrogens is 348 g/mol. The van der Waals surface area contributed by atoms with Crippen molar-refractivity contribution in [2.45, 2.75) is 43.8 Å². The quantitative estimate of drug-likeness (QED) is 0.807. The second-order valence-electron chi connectivity index (χ2n) is 6.45. The number of carbonyl (C=O) groups is 1. The fourth-order valence-corrected chi connectivity index (χ4v) is 4.25. The maximum atomic E-state index is 12.8. The maximum absolute atomic E-state index is 12.8. The molecule has 26 heavy (non-hydrogen) atoms. The number of aromatic nitrogens is 3. The molecule has 1 aliphatic heterocycles. The van der Waals surface area contributed by atoms with Crippen molar-refractivity contribution in [1.82, 2.24) is 14.8 Å². The van der Waals surface area contributed by atoms with Crippen LogP contribution in [0, 0.1) is 0 Å². The number of allylic oxidation sites excluding steroid dienone is 2. The first-order chi connectivity index (χ1) is 12.7. The predicted octanol–water partition coefficient (Wildman–Crippen LogP) is 3.81. The summed E-state index contributed by atoms with van der Waals surface area (Å²) in [5, 5.41) is 8.81. The molecule has 6 nitrogen and oxygen atoms in total. The van der Waals surface area contributed by atoms with Gasteiger partial charge in [0, 0.05) is 29.0 Å². The monoisotopic (exact) mass is 370 g/mol. The number of methoxy groups -OCH3 is 1. The first kappa shape index (κ1) is 17.1. The molecule has 2 heterocycles. The number of thioether (sulfide) groups is 1. The van der Waals surface area contributed by atoms with Crippen LogP contribution in [0.4, 0.5) is 5.95 Å². The molecule has 0 amide bonds. The Morgan fingerprint density at radius 2 is 2.19 bits per heavy atom. The van der Waals surface area contributed by atoms with E-state index in [9.17, 15) is 4.79 Å². The van der Waals surface area contributed by atoms with Crippen molar-refractivity contribution in [3.05, 3.63) is 41.1 Å². The first-order valence-corrected chi connectivity index (χ1v) is 9.97. The van der Waals surface area contributed by atoms with E-state index in [1.807, 2.05) is 28.9 Å². The number of hydrogen-bond acceptors (Lipinski definition) is 6. The minimum atomic E-state index is -0.298. The molecule has 0 saturated carbocycles. The summed E-state index contributed by atoms with van der Waals surface area (Å²) in [6.07, 6.45) is 3.37. The molecule has 0 fully saturated rings. The van der Waals surface area contributed by atoms with Gasteiger partial charge >= 0.3 is 0 Å². The molecule has 1 aromatic heterocycles. The summed E-state index contributed by atoms with van der Waals surface area (Å²) in [5.74, 6) is 2.61. The van der Waals surface area contributed by atoms with Gasteiger partial charge in [0.2, 0.25) is 11.1 Å². The molecule has 0 radical (unpaired) electrons. The van der Waals surface area contributed by atoms with Crippen molar-refractivity contribution in [3.8, 4) is 5.75 Å². The Morgan fingerprint density at radius 3 is 3.00 bits per heavy atom. The molecule has 1 atom stereocenters. The molecule has 1 unspecified atom stereocenters. The third-order valence-corrected chi connectivity index (χ3v) is 5.76. The highest BCUT2D eigenvalue weighted by molar-refractivity contribution is 7.99. The molecule has 0 saturated heterocycles. The molecular formula is C19H22N4O2S. The molecule has 7 heteroatoms. The second-order valence-corrected chi connectivity index (χ2v) is 7.51. The van der Waals surface area contributed by atoms with Crippen molar-refractivity contribution >= 4 is 23.5 Å². The number of anilines is 1. The van der Waals surface area contributed by atoms with Crippen molar-refractivity contribution < 1.29 is 9.53 Å². The number of rotatable bonds is 5. The zero-order valence-electron chi connectivity index (χ0n) is 15.0. The first-order valence-electron chi connectivity index (χ1n) is 8.98. The van der Waals surface area contributed by atoms with Gasteiger partial charge in [0.25, 0.3) is 0 Å². The van der Waals surface area contributed by atoms with Crippen LogP contribution in [0.5, 0.6) is 5.75 Å². The number of ether oxygens (including phenoxy) is 1. The summed E-state index contributed by atoms with van der Waals surface area (Å²) < 4.78 is 7.42. The molecule has 1 aromatic carbocycles.